The lowest BCUT2D eigenvalue weighted by atomic mass is 10.1. The molecule has 88 valence electrons. The fourth-order valence-electron chi connectivity index (χ4n) is 2.00. The second-order valence-corrected chi connectivity index (χ2v) is 4.19. The number of terminal acetylenes is 1. The van der Waals surface area contributed by atoms with E-state index < -0.39 is 0 Å². The Balaban J connectivity index is 1.83. The third-order valence-electron chi connectivity index (χ3n) is 2.93. The molecule has 2 N–H and O–H groups in total. The van der Waals surface area contributed by atoms with Gasteiger partial charge in [-0.2, -0.15) is 0 Å². The number of fused-ring (bicyclic) bond motifs is 1. The van der Waals surface area contributed by atoms with Crippen molar-refractivity contribution in [3.8, 4) is 12.3 Å². The van der Waals surface area contributed by atoms with E-state index in [1.54, 1.807) is 0 Å². The standard InChI is InChI=1S/C15H18N2/c1-2-3-4-5-10-16-12-13-7-6-8-15-14(13)9-11-17-15/h1,6-9,11,16-17H,3-5,10,12H2. The molecule has 2 heteroatoms. The van der Waals surface area contributed by atoms with E-state index in [4.69, 9.17) is 6.42 Å². The maximum absolute atomic E-state index is 5.21. The second kappa shape index (κ2) is 6.12. The van der Waals surface area contributed by atoms with E-state index in [1.807, 2.05) is 6.20 Å². The predicted octanol–water partition coefficient (Wildman–Crippen LogP) is 3.06. The summed E-state index contributed by atoms with van der Waals surface area (Å²) < 4.78 is 0. The molecule has 0 unspecified atom stereocenters. The Hall–Kier alpha value is -1.72. The minimum atomic E-state index is 0.884. The van der Waals surface area contributed by atoms with Crippen LogP contribution >= 0.6 is 0 Å². The molecule has 0 amide bonds. The van der Waals surface area contributed by atoms with Gasteiger partial charge in [0.25, 0.3) is 0 Å². The van der Waals surface area contributed by atoms with Crippen molar-refractivity contribution in [1.29, 1.82) is 0 Å². The normalized spacial score (nSPS) is 10.5. The van der Waals surface area contributed by atoms with Crippen LogP contribution in [0.2, 0.25) is 0 Å². The van der Waals surface area contributed by atoms with Crippen LogP contribution in [0.3, 0.4) is 0 Å². The Morgan fingerprint density at radius 2 is 2.18 bits per heavy atom. The van der Waals surface area contributed by atoms with Crippen LogP contribution in [0.1, 0.15) is 24.8 Å². The number of aromatic amines is 1. The van der Waals surface area contributed by atoms with Crippen LogP contribution in [0.5, 0.6) is 0 Å². The fourth-order valence-corrected chi connectivity index (χ4v) is 2.00. The lowest BCUT2D eigenvalue weighted by molar-refractivity contribution is 0.631. The zero-order chi connectivity index (χ0) is 11.9. The van der Waals surface area contributed by atoms with Gasteiger partial charge < -0.3 is 10.3 Å². The van der Waals surface area contributed by atoms with E-state index in [2.05, 4.69) is 40.5 Å². The Morgan fingerprint density at radius 3 is 3.06 bits per heavy atom. The lowest BCUT2D eigenvalue weighted by Gasteiger charge is -2.05. The Labute approximate surface area is 102 Å². The van der Waals surface area contributed by atoms with Gasteiger partial charge in [0.05, 0.1) is 0 Å². The molecule has 0 aliphatic carbocycles. The molecule has 0 aliphatic rings. The summed E-state index contributed by atoms with van der Waals surface area (Å²) in [6.45, 7) is 1.95. The molecule has 0 radical (unpaired) electrons. The highest BCUT2D eigenvalue weighted by molar-refractivity contribution is 5.82. The van der Waals surface area contributed by atoms with Crippen molar-refractivity contribution in [2.24, 2.45) is 0 Å². The molecule has 0 saturated heterocycles. The molecule has 0 fully saturated rings. The van der Waals surface area contributed by atoms with E-state index in [1.165, 1.54) is 16.5 Å². The summed E-state index contributed by atoms with van der Waals surface area (Å²) in [5.74, 6) is 2.67. The van der Waals surface area contributed by atoms with E-state index in [0.717, 1.165) is 32.4 Å². The quantitative estimate of drug-likeness (QED) is 0.575. The van der Waals surface area contributed by atoms with Gasteiger partial charge in [0, 0.05) is 30.1 Å². The molecular formula is C15H18N2. The van der Waals surface area contributed by atoms with Crippen LogP contribution < -0.4 is 5.32 Å². The highest BCUT2D eigenvalue weighted by atomic mass is 14.8. The number of benzene rings is 1. The maximum atomic E-state index is 5.21. The van der Waals surface area contributed by atoms with Crippen molar-refractivity contribution in [3.05, 3.63) is 36.0 Å². The van der Waals surface area contributed by atoms with E-state index in [0.29, 0.717) is 0 Å². The first kappa shape index (κ1) is 11.8. The first-order valence-electron chi connectivity index (χ1n) is 6.11. The second-order valence-electron chi connectivity index (χ2n) is 4.19. The summed E-state index contributed by atoms with van der Waals surface area (Å²) in [6, 6.07) is 8.50. The number of rotatable bonds is 6. The van der Waals surface area contributed by atoms with Gasteiger partial charge in [-0.05, 0) is 37.1 Å². The summed E-state index contributed by atoms with van der Waals surface area (Å²) in [7, 11) is 0. The van der Waals surface area contributed by atoms with Crippen molar-refractivity contribution in [3.63, 3.8) is 0 Å². The highest BCUT2D eigenvalue weighted by Crippen LogP contribution is 2.16. The lowest BCUT2D eigenvalue weighted by Crippen LogP contribution is -2.14. The van der Waals surface area contributed by atoms with Crippen LogP contribution in [0.4, 0.5) is 0 Å². The molecule has 17 heavy (non-hydrogen) atoms. The zero-order valence-corrected chi connectivity index (χ0v) is 10.00. The molecule has 2 aromatic rings. The van der Waals surface area contributed by atoms with Gasteiger partial charge in [-0.1, -0.05) is 12.1 Å². The average molecular weight is 226 g/mol. The summed E-state index contributed by atoms with van der Waals surface area (Å²) >= 11 is 0. The van der Waals surface area contributed by atoms with Crippen molar-refractivity contribution in [2.45, 2.75) is 25.8 Å². The smallest absolute Gasteiger partial charge is 0.0457 e. The molecule has 2 rings (SSSR count). The molecule has 0 atom stereocenters. The van der Waals surface area contributed by atoms with Gasteiger partial charge in [-0.25, -0.2) is 0 Å². The number of nitrogens with one attached hydrogen (secondary N) is 2. The van der Waals surface area contributed by atoms with Crippen molar-refractivity contribution in [1.82, 2.24) is 10.3 Å². The van der Waals surface area contributed by atoms with Gasteiger partial charge in [-0.15, -0.1) is 12.3 Å². The van der Waals surface area contributed by atoms with Crippen molar-refractivity contribution in [2.75, 3.05) is 6.54 Å². The van der Waals surface area contributed by atoms with Gasteiger partial charge in [0.2, 0.25) is 0 Å². The number of H-pyrrole nitrogens is 1. The molecule has 0 aliphatic heterocycles. The van der Waals surface area contributed by atoms with Crippen LogP contribution in [0, 0.1) is 12.3 Å². The van der Waals surface area contributed by atoms with Gasteiger partial charge >= 0.3 is 0 Å². The first-order valence-corrected chi connectivity index (χ1v) is 6.11. The molecule has 1 aromatic heterocycles. The number of hydrogen-bond acceptors (Lipinski definition) is 1. The molecule has 0 saturated carbocycles. The van der Waals surface area contributed by atoms with Crippen LogP contribution in [0.15, 0.2) is 30.5 Å². The largest absolute Gasteiger partial charge is 0.361 e. The minimum Gasteiger partial charge on any atom is -0.361 e. The minimum absolute atomic E-state index is 0.884. The fraction of sp³-hybridized carbons (Fsp3) is 0.333. The molecule has 0 bridgehead atoms. The molecule has 0 spiro atoms. The van der Waals surface area contributed by atoms with Crippen LogP contribution in [-0.4, -0.2) is 11.5 Å². The summed E-state index contributed by atoms with van der Waals surface area (Å²) in [5.41, 5.74) is 2.55. The Morgan fingerprint density at radius 1 is 1.24 bits per heavy atom. The zero-order valence-electron chi connectivity index (χ0n) is 10.00. The average Bonchev–Trinajstić information content (AvgIpc) is 2.82. The van der Waals surface area contributed by atoms with E-state index in [-0.39, 0.29) is 0 Å². The summed E-state index contributed by atoms with van der Waals surface area (Å²) in [4.78, 5) is 3.23. The number of aromatic nitrogens is 1. The Kier molecular flexibility index (Phi) is 4.23. The topological polar surface area (TPSA) is 27.8 Å². The van der Waals surface area contributed by atoms with Gasteiger partial charge in [-0.3, -0.25) is 0 Å². The van der Waals surface area contributed by atoms with Gasteiger partial charge in [0.1, 0.15) is 0 Å². The van der Waals surface area contributed by atoms with Crippen molar-refractivity contribution >= 4 is 10.9 Å². The third-order valence-corrected chi connectivity index (χ3v) is 2.93. The molecular weight excluding hydrogens is 208 g/mol. The highest BCUT2D eigenvalue weighted by Gasteiger charge is 2.00. The summed E-state index contributed by atoms with van der Waals surface area (Å²) in [6.07, 6.45) is 10.3. The van der Waals surface area contributed by atoms with Crippen LogP contribution in [-0.2, 0) is 6.54 Å². The maximum Gasteiger partial charge on any atom is 0.0457 e. The predicted molar refractivity (Wildman–Crippen MR) is 72.7 cm³/mol. The molecule has 2 nitrogen and oxygen atoms in total. The molecule has 1 heterocycles. The first-order chi connectivity index (χ1) is 8.42. The third kappa shape index (κ3) is 3.12. The monoisotopic (exact) mass is 226 g/mol. The Bertz CT molecular complexity index is 505. The number of hydrogen-bond donors (Lipinski definition) is 2. The van der Waals surface area contributed by atoms with E-state index in [9.17, 15) is 0 Å². The number of unbranched alkanes of at least 4 members (excludes halogenated alkanes) is 2. The van der Waals surface area contributed by atoms with E-state index >= 15 is 0 Å². The van der Waals surface area contributed by atoms with Gasteiger partial charge in [0.15, 0.2) is 0 Å². The SMILES string of the molecule is C#CCCCCNCc1cccc2[nH]ccc12. The van der Waals surface area contributed by atoms with Crippen LogP contribution in [0.25, 0.3) is 10.9 Å². The summed E-state index contributed by atoms with van der Waals surface area (Å²) in [5, 5.41) is 4.77. The van der Waals surface area contributed by atoms with Crippen molar-refractivity contribution < 1.29 is 0 Å². The molecule has 1 aromatic carbocycles.